The number of fused-ring (bicyclic) bond motifs is 1. The SMILES string of the molecule is COc1ccc(OCC2CCN(C(=O)c3cnc4c(c3)CC(=O)CO4)CC2)cc1. The Morgan fingerprint density at radius 3 is 2.66 bits per heavy atom. The van der Waals surface area contributed by atoms with Gasteiger partial charge in [-0.3, -0.25) is 9.59 Å². The van der Waals surface area contributed by atoms with Crippen LogP contribution in [0.3, 0.4) is 0 Å². The van der Waals surface area contributed by atoms with E-state index in [9.17, 15) is 9.59 Å². The molecule has 3 heterocycles. The van der Waals surface area contributed by atoms with Crippen LogP contribution in [0, 0.1) is 5.92 Å². The van der Waals surface area contributed by atoms with E-state index in [1.165, 1.54) is 6.20 Å². The molecule has 29 heavy (non-hydrogen) atoms. The summed E-state index contributed by atoms with van der Waals surface area (Å²) in [6.07, 6.45) is 3.59. The van der Waals surface area contributed by atoms with Crippen LogP contribution in [0.25, 0.3) is 0 Å². The Bertz CT molecular complexity index is 889. The van der Waals surface area contributed by atoms with E-state index < -0.39 is 0 Å². The van der Waals surface area contributed by atoms with Gasteiger partial charge in [0.2, 0.25) is 5.88 Å². The van der Waals surface area contributed by atoms with Crippen molar-refractivity contribution in [2.24, 2.45) is 5.92 Å². The Hall–Kier alpha value is -3.09. The Kier molecular flexibility index (Phi) is 5.64. The van der Waals surface area contributed by atoms with Crippen LogP contribution in [0.15, 0.2) is 36.5 Å². The van der Waals surface area contributed by atoms with Gasteiger partial charge in [0, 0.05) is 31.3 Å². The van der Waals surface area contributed by atoms with E-state index in [0.717, 1.165) is 24.3 Å². The minimum absolute atomic E-state index is 0.00146. The summed E-state index contributed by atoms with van der Waals surface area (Å²) in [6, 6.07) is 9.29. The van der Waals surface area contributed by atoms with Crippen molar-refractivity contribution in [3.8, 4) is 17.4 Å². The van der Waals surface area contributed by atoms with Gasteiger partial charge in [-0.25, -0.2) is 4.98 Å². The normalized spacial score (nSPS) is 16.7. The molecular weight excluding hydrogens is 372 g/mol. The number of rotatable bonds is 5. The van der Waals surface area contributed by atoms with Crippen LogP contribution in [0.4, 0.5) is 0 Å². The third kappa shape index (κ3) is 4.50. The molecule has 0 atom stereocenters. The average molecular weight is 396 g/mol. The summed E-state index contributed by atoms with van der Waals surface area (Å²) in [4.78, 5) is 30.5. The molecule has 0 bridgehead atoms. The summed E-state index contributed by atoms with van der Waals surface area (Å²) in [5.41, 5.74) is 1.20. The molecule has 0 radical (unpaired) electrons. The van der Waals surface area contributed by atoms with Gasteiger partial charge in [0.1, 0.15) is 18.1 Å². The van der Waals surface area contributed by atoms with Crippen molar-refractivity contribution in [3.05, 3.63) is 47.7 Å². The van der Waals surface area contributed by atoms with Crippen LogP contribution in [0.5, 0.6) is 17.4 Å². The number of pyridine rings is 1. The smallest absolute Gasteiger partial charge is 0.255 e. The highest BCUT2D eigenvalue weighted by molar-refractivity contribution is 5.95. The number of aromatic nitrogens is 1. The zero-order valence-corrected chi connectivity index (χ0v) is 16.4. The lowest BCUT2D eigenvalue weighted by Gasteiger charge is -2.32. The van der Waals surface area contributed by atoms with E-state index in [1.54, 1.807) is 13.2 Å². The minimum Gasteiger partial charge on any atom is -0.497 e. The number of carbonyl (C=O) groups is 2. The van der Waals surface area contributed by atoms with Crippen LogP contribution < -0.4 is 14.2 Å². The first-order valence-electron chi connectivity index (χ1n) is 9.82. The van der Waals surface area contributed by atoms with E-state index in [4.69, 9.17) is 14.2 Å². The van der Waals surface area contributed by atoms with Gasteiger partial charge in [0.25, 0.3) is 5.91 Å². The lowest BCUT2D eigenvalue weighted by molar-refractivity contribution is -0.121. The van der Waals surface area contributed by atoms with Crippen molar-refractivity contribution in [2.45, 2.75) is 19.3 Å². The zero-order valence-electron chi connectivity index (χ0n) is 16.4. The second-order valence-corrected chi connectivity index (χ2v) is 7.41. The maximum atomic E-state index is 12.8. The Morgan fingerprint density at radius 1 is 1.21 bits per heavy atom. The summed E-state index contributed by atoms with van der Waals surface area (Å²) in [5.74, 6) is 2.44. The number of benzene rings is 1. The summed E-state index contributed by atoms with van der Waals surface area (Å²) >= 11 is 0. The molecule has 2 aliphatic rings. The monoisotopic (exact) mass is 396 g/mol. The molecule has 2 aromatic rings. The van der Waals surface area contributed by atoms with Crippen molar-refractivity contribution in [1.29, 1.82) is 0 Å². The molecule has 4 rings (SSSR count). The van der Waals surface area contributed by atoms with Crippen molar-refractivity contribution >= 4 is 11.7 Å². The molecule has 0 N–H and O–H groups in total. The van der Waals surface area contributed by atoms with E-state index in [-0.39, 0.29) is 24.7 Å². The van der Waals surface area contributed by atoms with E-state index in [2.05, 4.69) is 4.98 Å². The summed E-state index contributed by atoms with van der Waals surface area (Å²) in [5, 5.41) is 0. The third-order valence-corrected chi connectivity index (χ3v) is 5.38. The second kappa shape index (κ2) is 8.51. The van der Waals surface area contributed by atoms with Crippen LogP contribution >= 0.6 is 0 Å². The molecule has 1 aromatic heterocycles. The van der Waals surface area contributed by atoms with Gasteiger partial charge < -0.3 is 19.1 Å². The maximum Gasteiger partial charge on any atom is 0.255 e. The van der Waals surface area contributed by atoms with Crippen LogP contribution in [-0.2, 0) is 11.2 Å². The maximum absolute atomic E-state index is 12.8. The number of methoxy groups -OCH3 is 1. The Balaban J connectivity index is 1.29. The predicted molar refractivity (Wildman–Crippen MR) is 106 cm³/mol. The summed E-state index contributed by atoms with van der Waals surface area (Å²) < 4.78 is 16.3. The largest absolute Gasteiger partial charge is 0.497 e. The van der Waals surface area contributed by atoms with Gasteiger partial charge in [-0.2, -0.15) is 0 Å². The number of carbonyl (C=O) groups excluding carboxylic acids is 2. The Labute approximate surface area is 169 Å². The molecule has 1 aromatic carbocycles. The highest BCUT2D eigenvalue weighted by atomic mass is 16.5. The minimum atomic E-state index is -0.0483. The molecular formula is C22H24N2O5. The van der Waals surface area contributed by atoms with Gasteiger partial charge >= 0.3 is 0 Å². The van der Waals surface area contributed by atoms with Gasteiger partial charge in [0.05, 0.1) is 19.3 Å². The van der Waals surface area contributed by atoms with Gasteiger partial charge in [-0.1, -0.05) is 0 Å². The number of nitrogens with zero attached hydrogens (tertiary/aromatic N) is 2. The fraction of sp³-hybridized carbons (Fsp3) is 0.409. The molecule has 0 spiro atoms. The second-order valence-electron chi connectivity index (χ2n) is 7.41. The number of ketones is 1. The van der Waals surface area contributed by atoms with Gasteiger partial charge in [-0.15, -0.1) is 0 Å². The van der Waals surface area contributed by atoms with E-state index in [0.29, 0.717) is 42.6 Å². The first kappa shape index (κ1) is 19.2. The number of hydrogen-bond donors (Lipinski definition) is 0. The number of hydrogen-bond acceptors (Lipinski definition) is 6. The molecule has 7 nitrogen and oxygen atoms in total. The highest BCUT2D eigenvalue weighted by Gasteiger charge is 2.26. The van der Waals surface area contributed by atoms with Crippen LogP contribution in [-0.4, -0.2) is 55.0 Å². The summed E-state index contributed by atoms with van der Waals surface area (Å²) in [7, 11) is 1.64. The van der Waals surface area contributed by atoms with Crippen LogP contribution in [0.1, 0.15) is 28.8 Å². The molecule has 1 amide bonds. The predicted octanol–water partition coefficient (Wildman–Crippen LogP) is 2.53. The summed E-state index contributed by atoms with van der Waals surface area (Å²) in [6.45, 7) is 2.05. The quantitative estimate of drug-likeness (QED) is 0.773. The molecule has 0 saturated carbocycles. The van der Waals surface area contributed by atoms with Gasteiger partial charge in [0.15, 0.2) is 5.78 Å². The fourth-order valence-electron chi connectivity index (χ4n) is 3.65. The fourth-order valence-corrected chi connectivity index (χ4v) is 3.65. The molecule has 0 unspecified atom stereocenters. The zero-order chi connectivity index (χ0) is 20.2. The first-order valence-corrected chi connectivity index (χ1v) is 9.82. The van der Waals surface area contributed by atoms with E-state index in [1.807, 2.05) is 29.2 Å². The molecule has 7 heteroatoms. The van der Waals surface area contributed by atoms with Crippen molar-refractivity contribution in [2.75, 3.05) is 33.4 Å². The van der Waals surface area contributed by atoms with Crippen molar-refractivity contribution in [3.63, 3.8) is 0 Å². The molecule has 2 aliphatic heterocycles. The number of piperidine rings is 1. The molecule has 152 valence electrons. The first-order chi connectivity index (χ1) is 14.1. The van der Waals surface area contributed by atoms with Crippen molar-refractivity contribution < 1.29 is 23.8 Å². The Morgan fingerprint density at radius 2 is 1.93 bits per heavy atom. The number of amides is 1. The topological polar surface area (TPSA) is 78.0 Å². The average Bonchev–Trinajstić information content (AvgIpc) is 2.77. The standard InChI is InChI=1S/C22H24N2O5/c1-27-19-2-4-20(5-3-19)28-13-15-6-8-24(9-7-15)22(26)17-10-16-11-18(25)14-29-21(16)23-12-17/h2-5,10,12,15H,6-9,11,13-14H2,1H3. The van der Waals surface area contributed by atoms with Crippen molar-refractivity contribution in [1.82, 2.24) is 9.88 Å². The number of likely N-dealkylation sites (tertiary alicyclic amines) is 1. The lowest BCUT2D eigenvalue weighted by atomic mass is 9.97. The highest BCUT2D eigenvalue weighted by Crippen LogP contribution is 2.25. The molecule has 1 saturated heterocycles. The number of ether oxygens (including phenoxy) is 3. The van der Waals surface area contributed by atoms with E-state index >= 15 is 0 Å². The lowest BCUT2D eigenvalue weighted by Crippen LogP contribution is -2.39. The molecule has 0 aliphatic carbocycles. The number of Topliss-reactive ketones (excluding diaryl/α,β-unsaturated/α-hetero) is 1. The van der Waals surface area contributed by atoms with Crippen LogP contribution in [0.2, 0.25) is 0 Å². The molecule has 1 fully saturated rings. The third-order valence-electron chi connectivity index (χ3n) is 5.38. The van der Waals surface area contributed by atoms with Gasteiger partial charge in [-0.05, 0) is 49.1 Å².